The normalized spacial score (nSPS) is 12.0. The van der Waals surface area contributed by atoms with Crippen LogP contribution in [0.25, 0.3) is 94.2 Å². The zero-order valence-corrected chi connectivity index (χ0v) is 61.3. The van der Waals surface area contributed by atoms with Crippen molar-refractivity contribution in [3.8, 4) is 50.9 Å². The summed E-state index contributed by atoms with van der Waals surface area (Å²) in [6.07, 6.45) is 5.93. The monoisotopic (exact) mass is 1540 g/mol. The first kappa shape index (κ1) is 64.6. The molecule has 0 atom stereocenters. The van der Waals surface area contributed by atoms with Gasteiger partial charge in [0.25, 0.3) is 6.33 Å². The number of aromatic nitrogens is 4. The van der Waals surface area contributed by atoms with E-state index >= 15 is 0 Å². The molecule has 0 aliphatic heterocycles. The maximum absolute atomic E-state index is 6.99. The molecule has 103 heavy (non-hydrogen) atoms. The van der Waals surface area contributed by atoms with Crippen LogP contribution in [-0.4, -0.2) is 30.3 Å². The van der Waals surface area contributed by atoms with Gasteiger partial charge in [0, 0.05) is 55.1 Å². The molecule has 496 valence electrons. The second-order valence-corrected chi connectivity index (χ2v) is 34.9. The van der Waals surface area contributed by atoms with Gasteiger partial charge in [-0.1, -0.05) is 317 Å². The number of rotatable bonds is 15. The summed E-state index contributed by atoms with van der Waals surface area (Å²) >= 11 is 0. The standard InChI is InChI=1S/C94H68N4O2Si2.Pt/c1-94(2,3)68-58-59-95-90(62-68)98-86-56-57-89-92(83-48-22-25-53-88(83)100-89)91(86)82-55-54-71(64-87(82)98)99-70-33-28-32-69(63-70)96-65-97(85-52-24-23-51-84(85)96)93-80(66-30-26-46-78(60-66)101(72-34-10-4-11-35-72,73-36-12-5-13-37-73)74-38-14-6-15-39-74)49-29-50-81(93)67-31-27-47-79(61-67)102(75-40-16-7-17-41-75,76-42-18-8-19-43-76)77-44-20-9-21-45-77;/h4-62H,1-3H3;/q-2;. The van der Waals surface area contributed by atoms with Gasteiger partial charge < -0.3 is 18.3 Å². The zero-order chi connectivity index (χ0) is 68.4. The summed E-state index contributed by atoms with van der Waals surface area (Å²) in [4.78, 5) is 5.04. The minimum atomic E-state index is -2.99. The molecule has 18 aromatic rings. The van der Waals surface area contributed by atoms with E-state index < -0.39 is 16.1 Å². The van der Waals surface area contributed by atoms with Gasteiger partial charge >= 0.3 is 0 Å². The van der Waals surface area contributed by atoms with Crippen LogP contribution in [0.2, 0.25) is 0 Å². The molecule has 0 saturated carbocycles. The van der Waals surface area contributed by atoms with Crippen molar-refractivity contribution in [3.05, 3.63) is 382 Å². The van der Waals surface area contributed by atoms with Crippen LogP contribution in [0.1, 0.15) is 26.3 Å². The Morgan fingerprint density at radius 3 is 1.44 bits per heavy atom. The summed E-state index contributed by atoms with van der Waals surface area (Å²) in [5.74, 6) is 1.87. The van der Waals surface area contributed by atoms with Crippen molar-refractivity contribution >= 4 is 112 Å². The number of ether oxygens (including phenoxy) is 1. The van der Waals surface area contributed by atoms with Gasteiger partial charge in [-0.2, -0.15) is 18.2 Å². The Labute approximate surface area is 616 Å². The molecule has 0 spiro atoms. The van der Waals surface area contributed by atoms with E-state index in [1.54, 1.807) is 0 Å². The molecule has 0 amide bonds. The Hall–Kier alpha value is -11.8. The number of fused-ring (bicyclic) bond motifs is 8. The van der Waals surface area contributed by atoms with E-state index in [9.17, 15) is 0 Å². The zero-order valence-electron chi connectivity index (χ0n) is 57.0. The fraction of sp³-hybridized carbons (Fsp3) is 0.0426. The molecule has 0 aliphatic carbocycles. The average Bonchev–Trinajstić information content (AvgIpc) is 1.64. The third kappa shape index (κ3) is 11.0. The molecule has 4 heterocycles. The Morgan fingerprint density at radius 1 is 0.398 bits per heavy atom. The van der Waals surface area contributed by atoms with Crippen molar-refractivity contribution < 1.29 is 34.8 Å². The van der Waals surface area contributed by atoms with E-state index in [1.807, 2.05) is 36.5 Å². The van der Waals surface area contributed by atoms with E-state index in [2.05, 4.69) is 374 Å². The maximum Gasteiger partial charge on any atom is 0.268 e. The first-order valence-electron chi connectivity index (χ1n) is 34.8. The minimum Gasteiger partial charge on any atom is -0.510 e. The van der Waals surface area contributed by atoms with E-state index in [4.69, 9.17) is 14.1 Å². The minimum absolute atomic E-state index is 0. The smallest absolute Gasteiger partial charge is 0.268 e. The van der Waals surface area contributed by atoms with Crippen LogP contribution in [0.5, 0.6) is 11.5 Å². The molecule has 0 radical (unpaired) electrons. The average molecular weight is 1540 g/mol. The van der Waals surface area contributed by atoms with Gasteiger partial charge in [0.1, 0.15) is 17.0 Å². The molecule has 6 nitrogen and oxygen atoms in total. The van der Waals surface area contributed by atoms with Crippen molar-refractivity contribution in [1.82, 2.24) is 14.1 Å². The Balaban J connectivity index is 0.00000787. The number of furan rings is 1. The van der Waals surface area contributed by atoms with Gasteiger partial charge in [0.15, 0.2) is 16.1 Å². The molecule has 0 saturated heterocycles. The van der Waals surface area contributed by atoms with E-state index in [1.165, 1.54) is 47.1 Å². The topological polar surface area (TPSA) is 49.0 Å². The maximum atomic E-state index is 6.99. The Morgan fingerprint density at radius 2 is 0.883 bits per heavy atom. The third-order valence-corrected chi connectivity index (χ3v) is 30.0. The van der Waals surface area contributed by atoms with Crippen molar-refractivity contribution in [2.75, 3.05) is 0 Å². The summed E-state index contributed by atoms with van der Waals surface area (Å²) in [5.41, 5.74) is 12.6. The molecule has 0 unspecified atom stereocenters. The van der Waals surface area contributed by atoms with Crippen molar-refractivity contribution in [3.63, 3.8) is 0 Å². The largest absolute Gasteiger partial charge is 0.510 e. The third-order valence-electron chi connectivity index (χ3n) is 20.5. The number of nitrogens with zero attached hydrogens (tertiary/aromatic N) is 4. The second-order valence-electron chi connectivity index (χ2n) is 27.3. The number of hydrogen-bond acceptors (Lipinski definition) is 3. The number of para-hydroxylation sites is 4. The summed E-state index contributed by atoms with van der Waals surface area (Å²) in [7, 11) is -5.97. The molecule has 18 rings (SSSR count). The first-order chi connectivity index (χ1) is 50.2. The first-order valence-corrected chi connectivity index (χ1v) is 38.8. The SMILES string of the molecule is CC(C)(C)c1ccnc(-n2c3[c-]c(Oc4[c-]c(-n5[c-][n+](-c6c(-c7cccc([Si](c8ccccc8)(c8ccccc8)c8ccccc8)c7)cccc6-c6cccc([Si](c7ccccc7)(c7ccccc7)c7ccccc7)c6)c6ccccc65)ccc4)ccc3c3c4c(ccc32)oc2ccccc24)c1.[Pt]. The van der Waals surface area contributed by atoms with Gasteiger partial charge in [-0.25, -0.2) is 4.98 Å². The molecular weight excluding hydrogens is 1470 g/mol. The van der Waals surface area contributed by atoms with E-state index in [0.29, 0.717) is 11.5 Å². The Bertz CT molecular complexity index is 5770. The van der Waals surface area contributed by atoms with Crippen molar-refractivity contribution in [1.29, 1.82) is 0 Å². The number of hydrogen-bond donors (Lipinski definition) is 0. The Kier molecular flexibility index (Phi) is 16.7. The predicted molar refractivity (Wildman–Crippen MR) is 424 cm³/mol. The summed E-state index contributed by atoms with van der Waals surface area (Å²) in [6.45, 7) is 6.70. The van der Waals surface area contributed by atoms with Gasteiger partial charge in [-0.3, -0.25) is 4.57 Å². The molecule has 0 aliphatic rings. The van der Waals surface area contributed by atoms with Crippen LogP contribution in [0.3, 0.4) is 0 Å². The molecule has 0 bridgehead atoms. The predicted octanol–water partition coefficient (Wildman–Crippen LogP) is 16.9. The quantitative estimate of drug-likeness (QED) is 0.0445. The van der Waals surface area contributed by atoms with Gasteiger partial charge in [-0.05, 0) is 116 Å². The fourth-order valence-electron chi connectivity index (χ4n) is 15.9. The molecule has 0 fully saturated rings. The van der Waals surface area contributed by atoms with Crippen LogP contribution < -0.4 is 50.8 Å². The van der Waals surface area contributed by atoms with Gasteiger partial charge in [-0.15, -0.1) is 29.7 Å². The van der Waals surface area contributed by atoms with Crippen LogP contribution in [0.4, 0.5) is 0 Å². The number of imidazole rings is 1. The molecule has 9 heteroatoms. The summed E-state index contributed by atoms with van der Waals surface area (Å²) < 4.78 is 20.1. The summed E-state index contributed by atoms with van der Waals surface area (Å²) in [5, 5.41) is 14.6. The molecule has 4 aromatic heterocycles. The molecular formula is C94H68N4O2PtSi2-2. The van der Waals surface area contributed by atoms with Crippen LogP contribution in [-0.2, 0) is 26.5 Å². The number of benzene rings is 14. The van der Waals surface area contributed by atoms with Crippen LogP contribution in [0.15, 0.2) is 362 Å². The van der Waals surface area contributed by atoms with Crippen LogP contribution >= 0.6 is 0 Å². The van der Waals surface area contributed by atoms with E-state index in [0.717, 1.165) is 94.2 Å². The van der Waals surface area contributed by atoms with Gasteiger partial charge in [0.05, 0.1) is 16.7 Å². The molecule has 14 aromatic carbocycles. The van der Waals surface area contributed by atoms with Crippen LogP contribution in [0, 0.1) is 18.5 Å². The fourth-order valence-corrected chi connectivity index (χ4v) is 25.5. The van der Waals surface area contributed by atoms with E-state index in [-0.39, 0.29) is 26.5 Å². The van der Waals surface area contributed by atoms with Crippen molar-refractivity contribution in [2.24, 2.45) is 0 Å². The van der Waals surface area contributed by atoms with Gasteiger partial charge in [0.2, 0.25) is 0 Å². The molecule has 0 N–H and O–H groups in total. The second kappa shape index (κ2) is 26.6. The number of pyridine rings is 1. The summed E-state index contributed by atoms with van der Waals surface area (Å²) in [6, 6.07) is 136. The van der Waals surface area contributed by atoms with Crippen molar-refractivity contribution in [2.45, 2.75) is 26.2 Å².